The van der Waals surface area contributed by atoms with Crippen LogP contribution in [0.4, 0.5) is 4.79 Å². The maximum Gasteiger partial charge on any atom is 0.289 e. The maximum atomic E-state index is 12.7. The van der Waals surface area contributed by atoms with Gasteiger partial charge in [-0.25, -0.2) is 0 Å². The molecule has 2 aliphatic rings. The van der Waals surface area contributed by atoms with Crippen LogP contribution in [-0.2, 0) is 4.79 Å². The normalized spacial score (nSPS) is 23.7. The lowest BCUT2D eigenvalue weighted by atomic mass is 9.89. The summed E-state index contributed by atoms with van der Waals surface area (Å²) in [6.45, 7) is 0. The largest absolute Gasteiger partial charge is 0.497 e. The second-order valence-corrected chi connectivity index (χ2v) is 7.88. The van der Waals surface area contributed by atoms with E-state index in [0.717, 1.165) is 37.4 Å². The smallest absolute Gasteiger partial charge is 0.289 e. The molecule has 1 aliphatic carbocycles. The standard InChI is InChI=1S/C17H19BrN2O4S/c1-24-10-6-7-12(18)11(8-10)16(22)19-13-4-2-3-5-14(13)20-15(21)9-25-17(20)23/h6-8,13-14H,2-5,9H2,1H3,(H,19,22). The van der Waals surface area contributed by atoms with E-state index in [9.17, 15) is 14.4 Å². The van der Waals surface area contributed by atoms with Crippen molar-refractivity contribution in [1.82, 2.24) is 10.2 Å². The van der Waals surface area contributed by atoms with Crippen molar-refractivity contribution in [2.45, 2.75) is 37.8 Å². The molecule has 1 saturated carbocycles. The molecule has 1 heterocycles. The third kappa shape index (κ3) is 3.84. The second-order valence-electron chi connectivity index (χ2n) is 6.10. The number of thioether (sulfide) groups is 1. The molecule has 1 saturated heterocycles. The van der Waals surface area contributed by atoms with Crippen molar-refractivity contribution in [1.29, 1.82) is 0 Å². The van der Waals surface area contributed by atoms with Crippen LogP contribution < -0.4 is 10.1 Å². The first kappa shape index (κ1) is 18.3. The first-order valence-electron chi connectivity index (χ1n) is 8.14. The van der Waals surface area contributed by atoms with E-state index in [1.54, 1.807) is 25.3 Å². The summed E-state index contributed by atoms with van der Waals surface area (Å²) in [4.78, 5) is 38.2. The molecule has 1 aliphatic heterocycles. The number of hydrogen-bond acceptors (Lipinski definition) is 5. The molecule has 1 aromatic carbocycles. The van der Waals surface area contributed by atoms with Crippen molar-refractivity contribution in [3.63, 3.8) is 0 Å². The van der Waals surface area contributed by atoms with Gasteiger partial charge in [0.2, 0.25) is 5.91 Å². The van der Waals surface area contributed by atoms with Gasteiger partial charge in [-0.3, -0.25) is 19.3 Å². The zero-order chi connectivity index (χ0) is 18.0. The summed E-state index contributed by atoms with van der Waals surface area (Å²) in [6, 6.07) is 4.70. The van der Waals surface area contributed by atoms with Gasteiger partial charge in [0, 0.05) is 4.47 Å². The van der Waals surface area contributed by atoms with Crippen molar-refractivity contribution >= 4 is 44.7 Å². The highest BCUT2D eigenvalue weighted by atomic mass is 79.9. The molecular weight excluding hydrogens is 408 g/mol. The Bertz CT molecular complexity index is 696. The topological polar surface area (TPSA) is 75.7 Å². The first-order valence-corrected chi connectivity index (χ1v) is 9.92. The molecule has 8 heteroatoms. The molecule has 25 heavy (non-hydrogen) atoms. The minimum atomic E-state index is -0.267. The molecule has 0 bridgehead atoms. The average molecular weight is 427 g/mol. The van der Waals surface area contributed by atoms with Gasteiger partial charge in [0.05, 0.1) is 30.5 Å². The summed E-state index contributed by atoms with van der Waals surface area (Å²) in [5.41, 5.74) is 0.470. The van der Waals surface area contributed by atoms with Crippen LogP contribution in [0.15, 0.2) is 22.7 Å². The van der Waals surface area contributed by atoms with E-state index in [1.165, 1.54) is 4.90 Å². The SMILES string of the molecule is COc1ccc(Br)c(C(=O)NC2CCCCC2N2C(=O)CSC2=O)c1. The molecule has 2 fully saturated rings. The van der Waals surface area contributed by atoms with Crippen LogP contribution in [0.25, 0.3) is 0 Å². The number of benzene rings is 1. The molecule has 1 aromatic rings. The summed E-state index contributed by atoms with van der Waals surface area (Å²) >= 11 is 4.42. The van der Waals surface area contributed by atoms with Crippen LogP contribution >= 0.6 is 27.7 Å². The Morgan fingerprint density at radius 3 is 2.76 bits per heavy atom. The lowest BCUT2D eigenvalue weighted by molar-refractivity contribution is -0.127. The fraction of sp³-hybridized carbons (Fsp3) is 0.471. The number of ether oxygens (including phenoxy) is 1. The Kier molecular flexibility index (Phi) is 5.68. The van der Waals surface area contributed by atoms with Gasteiger partial charge < -0.3 is 10.1 Å². The van der Waals surface area contributed by atoms with Gasteiger partial charge in [-0.1, -0.05) is 24.6 Å². The molecule has 6 nitrogen and oxygen atoms in total. The Labute approximate surface area is 158 Å². The number of carbonyl (C=O) groups excluding carboxylic acids is 3. The van der Waals surface area contributed by atoms with Crippen LogP contribution in [0.2, 0.25) is 0 Å². The van der Waals surface area contributed by atoms with E-state index >= 15 is 0 Å². The van der Waals surface area contributed by atoms with E-state index in [1.807, 2.05) is 0 Å². The number of imide groups is 1. The number of halogens is 1. The quantitative estimate of drug-likeness (QED) is 0.799. The first-order chi connectivity index (χ1) is 12.0. The number of methoxy groups -OCH3 is 1. The van der Waals surface area contributed by atoms with Gasteiger partial charge in [-0.2, -0.15) is 0 Å². The van der Waals surface area contributed by atoms with Crippen molar-refractivity contribution in [2.75, 3.05) is 12.9 Å². The summed E-state index contributed by atoms with van der Waals surface area (Å²) in [5.74, 6) is 0.380. The third-order valence-corrected chi connectivity index (χ3v) is 6.11. The molecule has 0 spiro atoms. The second kappa shape index (κ2) is 7.78. The molecule has 0 aromatic heterocycles. The van der Waals surface area contributed by atoms with Gasteiger partial charge in [-0.05, 0) is 47.0 Å². The minimum Gasteiger partial charge on any atom is -0.497 e. The number of nitrogens with zero attached hydrogens (tertiary/aromatic N) is 1. The fourth-order valence-electron chi connectivity index (χ4n) is 3.32. The zero-order valence-corrected chi connectivity index (χ0v) is 16.2. The average Bonchev–Trinajstić information content (AvgIpc) is 2.94. The molecule has 134 valence electrons. The summed E-state index contributed by atoms with van der Waals surface area (Å²) in [5, 5.41) is 2.81. The fourth-order valence-corrected chi connectivity index (χ4v) is 4.51. The minimum absolute atomic E-state index is 0.163. The van der Waals surface area contributed by atoms with Crippen LogP contribution in [0.5, 0.6) is 5.75 Å². The number of nitrogens with one attached hydrogen (secondary N) is 1. The molecule has 1 N–H and O–H groups in total. The number of amides is 3. The number of carbonyl (C=O) groups is 3. The molecule has 2 atom stereocenters. The van der Waals surface area contributed by atoms with Gasteiger partial charge in [0.1, 0.15) is 5.75 Å². The third-order valence-electron chi connectivity index (χ3n) is 4.58. The highest BCUT2D eigenvalue weighted by Gasteiger charge is 2.41. The molecule has 2 unspecified atom stereocenters. The lowest BCUT2D eigenvalue weighted by Gasteiger charge is -2.36. The van der Waals surface area contributed by atoms with E-state index in [4.69, 9.17) is 4.74 Å². The van der Waals surface area contributed by atoms with Crippen LogP contribution in [0, 0.1) is 0 Å². The zero-order valence-electron chi connectivity index (χ0n) is 13.8. The summed E-state index contributed by atoms with van der Waals surface area (Å²) in [7, 11) is 1.55. The van der Waals surface area contributed by atoms with Crippen molar-refractivity contribution in [3.05, 3.63) is 28.2 Å². The summed E-state index contributed by atoms with van der Waals surface area (Å²) < 4.78 is 5.85. The maximum absolute atomic E-state index is 12.7. The van der Waals surface area contributed by atoms with E-state index < -0.39 is 0 Å². The highest BCUT2D eigenvalue weighted by Crippen LogP contribution is 2.30. The van der Waals surface area contributed by atoms with Gasteiger partial charge in [0.15, 0.2) is 0 Å². The Hall–Kier alpha value is -1.54. The van der Waals surface area contributed by atoms with Gasteiger partial charge in [-0.15, -0.1) is 0 Å². The monoisotopic (exact) mass is 426 g/mol. The molecule has 3 rings (SSSR count). The Morgan fingerprint density at radius 2 is 2.08 bits per heavy atom. The number of hydrogen-bond donors (Lipinski definition) is 1. The van der Waals surface area contributed by atoms with Crippen LogP contribution in [-0.4, -0.2) is 46.9 Å². The van der Waals surface area contributed by atoms with E-state index in [0.29, 0.717) is 15.8 Å². The van der Waals surface area contributed by atoms with Crippen molar-refractivity contribution in [3.8, 4) is 5.75 Å². The van der Waals surface area contributed by atoms with Gasteiger partial charge in [0.25, 0.3) is 11.1 Å². The molecule has 0 radical (unpaired) electrons. The van der Waals surface area contributed by atoms with Crippen LogP contribution in [0.3, 0.4) is 0 Å². The predicted octanol–water partition coefficient (Wildman–Crippen LogP) is 3.19. The Morgan fingerprint density at radius 1 is 1.32 bits per heavy atom. The predicted molar refractivity (Wildman–Crippen MR) is 98.9 cm³/mol. The highest BCUT2D eigenvalue weighted by molar-refractivity contribution is 9.10. The molecular formula is C17H19BrN2O4S. The number of rotatable bonds is 4. The lowest BCUT2D eigenvalue weighted by Crippen LogP contribution is -2.54. The van der Waals surface area contributed by atoms with Crippen molar-refractivity contribution < 1.29 is 19.1 Å². The van der Waals surface area contributed by atoms with Gasteiger partial charge >= 0.3 is 0 Å². The van der Waals surface area contributed by atoms with E-state index in [-0.39, 0.29) is 34.9 Å². The van der Waals surface area contributed by atoms with Crippen LogP contribution in [0.1, 0.15) is 36.0 Å². The van der Waals surface area contributed by atoms with Crippen molar-refractivity contribution in [2.24, 2.45) is 0 Å². The summed E-state index contributed by atoms with van der Waals surface area (Å²) in [6.07, 6.45) is 3.38. The molecule has 3 amide bonds. The Balaban J connectivity index is 1.79. The van der Waals surface area contributed by atoms with E-state index in [2.05, 4.69) is 21.2 Å².